The van der Waals surface area contributed by atoms with Crippen LogP contribution in [0.25, 0.3) is 0 Å². The lowest BCUT2D eigenvalue weighted by Gasteiger charge is -2.30. The number of rotatable bonds is 3. The van der Waals surface area contributed by atoms with Crippen molar-refractivity contribution in [1.29, 1.82) is 0 Å². The van der Waals surface area contributed by atoms with Gasteiger partial charge < -0.3 is 5.32 Å². The number of aryl methyl sites for hydroxylation is 1. The van der Waals surface area contributed by atoms with Gasteiger partial charge in [-0.3, -0.25) is 15.6 Å². The van der Waals surface area contributed by atoms with Crippen LogP contribution in [0.15, 0.2) is 5.38 Å². The van der Waals surface area contributed by atoms with Crippen molar-refractivity contribution in [1.82, 2.24) is 21.2 Å². The summed E-state index contributed by atoms with van der Waals surface area (Å²) in [5, 5.41) is 6.63. The van der Waals surface area contributed by atoms with Gasteiger partial charge in [0.1, 0.15) is 0 Å². The van der Waals surface area contributed by atoms with Crippen LogP contribution in [-0.4, -0.2) is 22.0 Å². The zero-order chi connectivity index (χ0) is 15.2. The highest BCUT2D eigenvalue weighted by Gasteiger charge is 2.21. The Kier molecular flexibility index (Phi) is 5.93. The van der Waals surface area contributed by atoms with Crippen molar-refractivity contribution in [2.24, 2.45) is 5.92 Å². The van der Waals surface area contributed by atoms with Crippen LogP contribution in [0.2, 0.25) is 0 Å². The summed E-state index contributed by atoms with van der Waals surface area (Å²) < 4.78 is 0. The lowest BCUT2D eigenvalue weighted by Crippen LogP contribution is -2.51. The topological polar surface area (TPSA) is 66.0 Å². The van der Waals surface area contributed by atoms with Crippen LogP contribution in [-0.2, 0) is 11.2 Å². The van der Waals surface area contributed by atoms with Crippen molar-refractivity contribution < 1.29 is 4.79 Å². The molecule has 1 amide bonds. The molecule has 1 aliphatic carbocycles. The lowest BCUT2D eigenvalue weighted by atomic mass is 9.86. The number of nitrogens with one attached hydrogen (secondary N) is 3. The minimum Gasteiger partial charge on any atom is -0.358 e. The van der Waals surface area contributed by atoms with E-state index in [4.69, 9.17) is 12.2 Å². The largest absolute Gasteiger partial charge is 0.358 e. The van der Waals surface area contributed by atoms with Gasteiger partial charge in [0, 0.05) is 11.4 Å². The number of thiocarbonyl (C=S) groups is 1. The zero-order valence-electron chi connectivity index (χ0n) is 12.4. The lowest BCUT2D eigenvalue weighted by molar-refractivity contribution is -0.121. The van der Waals surface area contributed by atoms with Crippen LogP contribution in [0.4, 0.5) is 0 Å². The predicted molar refractivity (Wildman–Crippen MR) is 89.0 cm³/mol. The normalized spacial score (nSPS) is 21.6. The summed E-state index contributed by atoms with van der Waals surface area (Å²) in [4.78, 5) is 16.0. The van der Waals surface area contributed by atoms with E-state index >= 15 is 0 Å². The number of carbonyl (C=O) groups is 1. The Morgan fingerprint density at radius 1 is 1.43 bits per heavy atom. The van der Waals surface area contributed by atoms with Gasteiger partial charge in [-0.1, -0.05) is 19.8 Å². The maximum atomic E-state index is 11.8. The summed E-state index contributed by atoms with van der Waals surface area (Å²) in [5.74, 6) is 0.480. The molecule has 1 aromatic heterocycles. The number of nitrogens with zero attached hydrogens (tertiary/aromatic N) is 1. The first kappa shape index (κ1) is 16.2. The van der Waals surface area contributed by atoms with Gasteiger partial charge in [0.2, 0.25) is 5.91 Å². The molecule has 1 fully saturated rings. The van der Waals surface area contributed by atoms with Crippen molar-refractivity contribution in [3.63, 3.8) is 0 Å². The first-order valence-electron chi connectivity index (χ1n) is 7.31. The average molecular weight is 326 g/mol. The molecule has 0 radical (unpaired) electrons. The first-order chi connectivity index (χ1) is 10.0. The van der Waals surface area contributed by atoms with E-state index in [-0.39, 0.29) is 12.3 Å². The Hall–Kier alpha value is -1.21. The minimum absolute atomic E-state index is 0.138. The third-order valence-electron chi connectivity index (χ3n) is 3.75. The Bertz CT molecular complexity index is 503. The molecule has 116 valence electrons. The van der Waals surface area contributed by atoms with Crippen molar-refractivity contribution >= 4 is 34.6 Å². The summed E-state index contributed by atoms with van der Waals surface area (Å²) in [5.41, 5.74) is 6.18. The maximum absolute atomic E-state index is 11.8. The molecule has 1 heterocycles. The molecule has 0 aromatic carbocycles. The van der Waals surface area contributed by atoms with Crippen molar-refractivity contribution in [3.05, 3.63) is 16.1 Å². The molecule has 0 spiro atoms. The highest BCUT2D eigenvalue weighted by Crippen LogP contribution is 2.23. The molecule has 0 saturated heterocycles. The van der Waals surface area contributed by atoms with E-state index in [0.717, 1.165) is 17.1 Å². The van der Waals surface area contributed by atoms with Crippen LogP contribution in [0.5, 0.6) is 0 Å². The first-order valence-corrected chi connectivity index (χ1v) is 8.59. The quantitative estimate of drug-likeness (QED) is 0.586. The van der Waals surface area contributed by atoms with E-state index in [9.17, 15) is 4.79 Å². The summed E-state index contributed by atoms with van der Waals surface area (Å²) in [6.07, 6.45) is 5.16. The van der Waals surface area contributed by atoms with Gasteiger partial charge in [-0.15, -0.1) is 11.3 Å². The predicted octanol–water partition coefficient (Wildman–Crippen LogP) is 2.07. The van der Waals surface area contributed by atoms with Crippen molar-refractivity contribution in [2.45, 2.75) is 52.0 Å². The van der Waals surface area contributed by atoms with Gasteiger partial charge >= 0.3 is 0 Å². The summed E-state index contributed by atoms with van der Waals surface area (Å²) in [7, 11) is 0. The van der Waals surface area contributed by atoms with Crippen LogP contribution in [0.1, 0.15) is 43.3 Å². The van der Waals surface area contributed by atoms with Crippen LogP contribution in [0.3, 0.4) is 0 Å². The fraction of sp³-hybridized carbons (Fsp3) is 0.643. The standard InChI is InChI=1S/C14H22N4OS2/c1-9-5-3-4-6-12(9)16-14(20)18-17-13(19)7-11-8-21-10(2)15-11/h8-9,12H,3-7H2,1-2H3,(H,17,19)(H2,16,18,20). The number of amides is 1. The smallest absolute Gasteiger partial charge is 0.244 e. The number of carbonyl (C=O) groups excluding carboxylic acids is 1. The third-order valence-corrected chi connectivity index (χ3v) is 4.79. The molecule has 1 aromatic rings. The van der Waals surface area contributed by atoms with Gasteiger partial charge in [-0.25, -0.2) is 4.98 Å². The minimum atomic E-state index is -0.138. The monoisotopic (exact) mass is 326 g/mol. The highest BCUT2D eigenvalue weighted by molar-refractivity contribution is 7.80. The number of thiazole rings is 1. The van der Waals surface area contributed by atoms with Crippen molar-refractivity contribution in [3.8, 4) is 0 Å². The molecule has 0 aliphatic heterocycles. The second-order valence-corrected chi connectivity index (χ2v) is 7.02. The zero-order valence-corrected chi connectivity index (χ0v) is 14.1. The Morgan fingerprint density at radius 2 is 2.19 bits per heavy atom. The van der Waals surface area contributed by atoms with E-state index in [0.29, 0.717) is 17.1 Å². The molecular formula is C14H22N4OS2. The van der Waals surface area contributed by atoms with Gasteiger partial charge in [0.15, 0.2) is 5.11 Å². The van der Waals surface area contributed by atoms with E-state index in [2.05, 4.69) is 28.1 Å². The maximum Gasteiger partial charge on any atom is 0.244 e. The third kappa shape index (κ3) is 5.24. The Morgan fingerprint density at radius 3 is 2.86 bits per heavy atom. The second kappa shape index (κ2) is 7.70. The molecule has 2 atom stereocenters. The van der Waals surface area contributed by atoms with E-state index in [1.165, 1.54) is 19.3 Å². The molecule has 2 unspecified atom stereocenters. The molecule has 2 rings (SSSR count). The fourth-order valence-electron chi connectivity index (χ4n) is 2.56. The summed E-state index contributed by atoms with van der Waals surface area (Å²) in [6, 6.07) is 0.400. The molecule has 0 bridgehead atoms. The van der Waals surface area contributed by atoms with E-state index < -0.39 is 0 Å². The SMILES string of the molecule is Cc1nc(CC(=O)NNC(=S)NC2CCCCC2C)cs1. The number of hydrogen-bond acceptors (Lipinski definition) is 4. The number of hydrazine groups is 1. The number of hydrogen-bond donors (Lipinski definition) is 3. The van der Waals surface area contributed by atoms with Gasteiger partial charge in [0.05, 0.1) is 17.1 Å². The second-order valence-electron chi connectivity index (χ2n) is 5.55. The fourth-order valence-corrected chi connectivity index (χ4v) is 3.37. The van der Waals surface area contributed by atoms with Crippen LogP contribution >= 0.6 is 23.6 Å². The van der Waals surface area contributed by atoms with Gasteiger partial charge in [-0.2, -0.15) is 0 Å². The molecule has 1 aliphatic rings. The van der Waals surface area contributed by atoms with Crippen LogP contribution < -0.4 is 16.2 Å². The molecule has 1 saturated carbocycles. The molecule has 21 heavy (non-hydrogen) atoms. The molecular weight excluding hydrogens is 304 g/mol. The van der Waals surface area contributed by atoms with E-state index in [1.54, 1.807) is 11.3 Å². The van der Waals surface area contributed by atoms with Gasteiger partial charge in [-0.05, 0) is 37.9 Å². The highest BCUT2D eigenvalue weighted by atomic mass is 32.1. The van der Waals surface area contributed by atoms with Crippen LogP contribution in [0, 0.1) is 12.8 Å². The average Bonchev–Trinajstić information content (AvgIpc) is 2.84. The Labute approximate surface area is 134 Å². The van der Waals surface area contributed by atoms with Crippen molar-refractivity contribution in [2.75, 3.05) is 0 Å². The summed E-state index contributed by atoms with van der Waals surface area (Å²) in [6.45, 7) is 4.16. The van der Waals surface area contributed by atoms with Gasteiger partial charge in [0.25, 0.3) is 0 Å². The molecule has 3 N–H and O–H groups in total. The van der Waals surface area contributed by atoms with E-state index in [1.807, 2.05) is 12.3 Å². The summed E-state index contributed by atoms with van der Waals surface area (Å²) >= 11 is 6.77. The Balaban J connectivity index is 1.69. The molecule has 7 heteroatoms. The number of aromatic nitrogens is 1. The molecule has 5 nitrogen and oxygen atoms in total.